The van der Waals surface area contributed by atoms with E-state index in [0.717, 1.165) is 5.69 Å². The quantitative estimate of drug-likeness (QED) is 0.662. The number of aromatic nitrogens is 2. The molecule has 1 aromatic carbocycles. The van der Waals surface area contributed by atoms with E-state index in [9.17, 15) is 4.79 Å². The van der Waals surface area contributed by atoms with Crippen molar-refractivity contribution in [3.63, 3.8) is 0 Å². The molecule has 2 saturated heterocycles. The second-order valence-corrected chi connectivity index (χ2v) is 8.53. The van der Waals surface area contributed by atoms with Gasteiger partial charge < -0.3 is 25.4 Å². The third-order valence-electron chi connectivity index (χ3n) is 6.38. The third kappa shape index (κ3) is 4.38. The lowest BCUT2D eigenvalue weighted by Crippen LogP contribution is -2.46. The number of fused-ring (bicyclic) bond motifs is 1. The number of carbonyl (C=O) groups is 1. The number of rotatable bonds is 5. The number of carbonyl (C=O) groups excluding carboxylic acids is 1. The van der Waals surface area contributed by atoms with E-state index in [0.29, 0.717) is 36.3 Å². The lowest BCUT2D eigenvalue weighted by molar-refractivity contribution is 0.0683. The first-order valence-corrected chi connectivity index (χ1v) is 11.1. The maximum atomic E-state index is 12.4. The predicted molar refractivity (Wildman–Crippen MR) is 117 cm³/mol. The Hall–Kier alpha value is -3.22. The van der Waals surface area contributed by atoms with Gasteiger partial charge in [0.2, 0.25) is 5.95 Å². The molecule has 9 heteroatoms. The highest BCUT2D eigenvalue weighted by molar-refractivity contribution is 5.89. The summed E-state index contributed by atoms with van der Waals surface area (Å²) in [5.74, 6) is 1.12. The van der Waals surface area contributed by atoms with E-state index in [1.54, 1.807) is 24.3 Å². The van der Waals surface area contributed by atoms with Gasteiger partial charge in [0.1, 0.15) is 12.2 Å². The highest BCUT2D eigenvalue weighted by atomic mass is 16.6. The first-order chi connectivity index (χ1) is 15.7. The van der Waals surface area contributed by atoms with E-state index >= 15 is 0 Å². The molecule has 2 aromatic rings. The molecule has 0 spiro atoms. The van der Waals surface area contributed by atoms with Gasteiger partial charge in [-0.2, -0.15) is 5.26 Å². The predicted octanol–water partition coefficient (Wildman–Crippen LogP) is 2.77. The maximum absolute atomic E-state index is 12.4. The number of urea groups is 1. The van der Waals surface area contributed by atoms with Gasteiger partial charge in [0.15, 0.2) is 0 Å². The standard InChI is InChI=1S/C23H26N6O3/c24-11-14-4-3-7-16(10-14)26-23(30)29-19-13-32-20-18(12-31-21(19)20)28-22-25-9-8-17(27-22)15-5-1-2-6-15/h3-4,7-10,15,18-21H,1-2,5-6,12-13H2,(H,25,27,28)(H2,26,29,30)/t18-,19-,20+,21+/m0/s1. The Kier molecular flexibility index (Phi) is 5.88. The maximum Gasteiger partial charge on any atom is 0.319 e. The summed E-state index contributed by atoms with van der Waals surface area (Å²) in [5.41, 5.74) is 2.14. The van der Waals surface area contributed by atoms with Crippen molar-refractivity contribution in [3.05, 3.63) is 47.8 Å². The fraction of sp³-hybridized carbons (Fsp3) is 0.478. The van der Waals surface area contributed by atoms with Crippen LogP contribution in [-0.2, 0) is 9.47 Å². The van der Waals surface area contributed by atoms with Gasteiger partial charge in [-0.05, 0) is 37.1 Å². The van der Waals surface area contributed by atoms with Gasteiger partial charge in [-0.1, -0.05) is 18.9 Å². The van der Waals surface area contributed by atoms with E-state index in [-0.39, 0.29) is 30.3 Å². The van der Waals surface area contributed by atoms with Crippen molar-refractivity contribution < 1.29 is 14.3 Å². The molecule has 3 N–H and O–H groups in total. The fourth-order valence-corrected chi connectivity index (χ4v) is 4.81. The summed E-state index contributed by atoms with van der Waals surface area (Å²) in [6.07, 6.45) is 6.26. The zero-order valence-electron chi connectivity index (χ0n) is 17.7. The first kappa shape index (κ1) is 20.7. The topological polar surface area (TPSA) is 121 Å². The Bertz CT molecular complexity index is 1020. The molecule has 32 heavy (non-hydrogen) atoms. The molecule has 166 valence electrons. The summed E-state index contributed by atoms with van der Waals surface area (Å²) in [7, 11) is 0. The number of amides is 2. The Morgan fingerprint density at radius 2 is 1.88 bits per heavy atom. The van der Waals surface area contributed by atoms with E-state index < -0.39 is 0 Å². The van der Waals surface area contributed by atoms with Gasteiger partial charge >= 0.3 is 6.03 Å². The van der Waals surface area contributed by atoms with Crippen molar-refractivity contribution >= 4 is 17.7 Å². The molecular formula is C23H26N6O3. The van der Waals surface area contributed by atoms with E-state index in [2.05, 4.69) is 27.0 Å². The van der Waals surface area contributed by atoms with Crippen LogP contribution in [0.5, 0.6) is 0 Å². The van der Waals surface area contributed by atoms with Gasteiger partial charge in [-0.3, -0.25) is 0 Å². The molecule has 3 heterocycles. The summed E-state index contributed by atoms with van der Waals surface area (Å²) >= 11 is 0. The molecule has 0 unspecified atom stereocenters. The number of hydrogen-bond donors (Lipinski definition) is 3. The zero-order valence-corrected chi connectivity index (χ0v) is 17.7. The fourth-order valence-electron chi connectivity index (χ4n) is 4.81. The van der Waals surface area contributed by atoms with Crippen LogP contribution in [-0.4, -0.2) is 53.5 Å². The molecule has 9 nitrogen and oxygen atoms in total. The number of nitriles is 1. The molecule has 2 amide bonds. The third-order valence-corrected chi connectivity index (χ3v) is 6.38. The summed E-state index contributed by atoms with van der Waals surface area (Å²) in [6.45, 7) is 0.818. The minimum Gasteiger partial charge on any atom is -0.371 e. The van der Waals surface area contributed by atoms with Gasteiger partial charge in [-0.25, -0.2) is 14.8 Å². The molecule has 4 atom stereocenters. The van der Waals surface area contributed by atoms with Crippen molar-refractivity contribution in [2.45, 2.75) is 55.9 Å². The summed E-state index contributed by atoms with van der Waals surface area (Å²) in [5, 5.41) is 18.1. The average Bonchev–Trinajstić information content (AvgIpc) is 3.55. The van der Waals surface area contributed by atoms with Gasteiger partial charge in [0.25, 0.3) is 0 Å². The van der Waals surface area contributed by atoms with Crippen molar-refractivity contribution in [3.8, 4) is 6.07 Å². The SMILES string of the molecule is N#Cc1cccc(NC(=O)N[C@H]2CO[C@H]3[C@@H]2OC[C@@H]3Nc2nccc(C3CCCC3)n2)c1. The van der Waals surface area contributed by atoms with Crippen LogP contribution in [0.3, 0.4) is 0 Å². The zero-order chi connectivity index (χ0) is 21.9. The molecular weight excluding hydrogens is 408 g/mol. The van der Waals surface area contributed by atoms with Crippen LogP contribution in [0.15, 0.2) is 36.5 Å². The Balaban J connectivity index is 1.17. The molecule has 5 rings (SSSR count). The molecule has 0 radical (unpaired) electrons. The number of benzene rings is 1. The van der Waals surface area contributed by atoms with Gasteiger partial charge in [0.05, 0.1) is 36.9 Å². The summed E-state index contributed by atoms with van der Waals surface area (Å²) < 4.78 is 11.9. The van der Waals surface area contributed by atoms with E-state index in [4.69, 9.17) is 19.7 Å². The molecule has 3 fully saturated rings. The van der Waals surface area contributed by atoms with Crippen LogP contribution < -0.4 is 16.0 Å². The van der Waals surface area contributed by atoms with Crippen LogP contribution in [0.25, 0.3) is 0 Å². The van der Waals surface area contributed by atoms with Crippen molar-refractivity contribution in [1.82, 2.24) is 15.3 Å². The van der Waals surface area contributed by atoms with E-state index in [1.165, 1.54) is 25.7 Å². The van der Waals surface area contributed by atoms with Crippen molar-refractivity contribution in [1.29, 1.82) is 5.26 Å². The average molecular weight is 435 g/mol. The van der Waals surface area contributed by atoms with Crippen LogP contribution >= 0.6 is 0 Å². The van der Waals surface area contributed by atoms with E-state index in [1.807, 2.05) is 12.3 Å². The Morgan fingerprint density at radius 3 is 2.69 bits per heavy atom. The van der Waals surface area contributed by atoms with Gasteiger partial charge in [0, 0.05) is 23.5 Å². The highest BCUT2D eigenvalue weighted by Gasteiger charge is 2.48. The largest absolute Gasteiger partial charge is 0.371 e. The number of ether oxygens (including phenoxy) is 2. The highest BCUT2D eigenvalue weighted by Crippen LogP contribution is 2.33. The molecule has 1 aromatic heterocycles. The summed E-state index contributed by atoms with van der Waals surface area (Å²) in [6, 6.07) is 10.1. The number of nitrogens with one attached hydrogen (secondary N) is 3. The molecule has 1 aliphatic carbocycles. The molecule has 1 saturated carbocycles. The number of nitrogens with zero attached hydrogens (tertiary/aromatic N) is 3. The lowest BCUT2D eigenvalue weighted by atomic mass is 10.0. The van der Waals surface area contributed by atoms with Crippen molar-refractivity contribution in [2.24, 2.45) is 0 Å². The minimum absolute atomic E-state index is 0.0824. The lowest BCUT2D eigenvalue weighted by Gasteiger charge is -2.19. The van der Waals surface area contributed by atoms with Crippen LogP contribution in [0.1, 0.15) is 42.9 Å². The second-order valence-electron chi connectivity index (χ2n) is 8.53. The molecule has 2 aliphatic heterocycles. The second kappa shape index (κ2) is 9.10. The molecule has 0 bridgehead atoms. The minimum atomic E-state index is -0.359. The van der Waals surface area contributed by atoms with Crippen LogP contribution in [0.4, 0.5) is 16.4 Å². The monoisotopic (exact) mass is 434 g/mol. The smallest absolute Gasteiger partial charge is 0.319 e. The van der Waals surface area contributed by atoms with Crippen LogP contribution in [0.2, 0.25) is 0 Å². The normalized spacial score (nSPS) is 27.0. The number of anilines is 2. The Labute approximate surface area is 186 Å². The van der Waals surface area contributed by atoms with Crippen molar-refractivity contribution in [2.75, 3.05) is 23.8 Å². The van der Waals surface area contributed by atoms with Gasteiger partial charge in [-0.15, -0.1) is 0 Å². The number of hydrogen-bond acceptors (Lipinski definition) is 7. The first-order valence-electron chi connectivity index (χ1n) is 11.1. The summed E-state index contributed by atoms with van der Waals surface area (Å²) in [4.78, 5) is 21.5. The molecule has 3 aliphatic rings. The Morgan fingerprint density at radius 1 is 1.09 bits per heavy atom. The van der Waals surface area contributed by atoms with Crippen LogP contribution in [0, 0.1) is 11.3 Å².